The minimum atomic E-state index is -1.08. The predicted molar refractivity (Wildman–Crippen MR) is 114 cm³/mol. The van der Waals surface area contributed by atoms with E-state index in [0.717, 1.165) is 41.7 Å². The summed E-state index contributed by atoms with van der Waals surface area (Å²) in [5.74, 6) is -0.844. The molecule has 1 fully saturated rings. The molecule has 0 atom stereocenters. The monoisotopic (exact) mass is 441 g/mol. The van der Waals surface area contributed by atoms with Gasteiger partial charge in [-0.3, -0.25) is 4.68 Å². The summed E-state index contributed by atoms with van der Waals surface area (Å²) in [6.45, 7) is 7.42. The standard InChI is InChI=1S/C21H27N7O4/c1-21(2,3)32-20(31)27-10-14(11-27)16-9-13-8-15(23-25-18(13)22-16)6-4-5-7-28-12-17(19(29)30)24-26-28/h8-9,12,14H,4-7,10-11H2,1-3H3,(H,22,25)(H,29,30). The molecule has 0 bridgehead atoms. The molecule has 0 saturated carbocycles. The molecule has 1 saturated heterocycles. The number of aromatic amines is 1. The van der Waals surface area contributed by atoms with Crippen molar-refractivity contribution in [2.24, 2.45) is 0 Å². The van der Waals surface area contributed by atoms with E-state index in [1.54, 1.807) is 4.90 Å². The number of carboxylic acids is 1. The van der Waals surface area contributed by atoms with Gasteiger partial charge in [-0.25, -0.2) is 9.59 Å². The fourth-order valence-corrected chi connectivity index (χ4v) is 3.57. The van der Waals surface area contributed by atoms with Crippen molar-refractivity contribution in [2.45, 2.75) is 58.1 Å². The van der Waals surface area contributed by atoms with Crippen LogP contribution in [0.5, 0.6) is 0 Å². The van der Waals surface area contributed by atoms with Crippen molar-refractivity contribution < 1.29 is 19.4 Å². The lowest BCUT2D eigenvalue weighted by atomic mass is 9.97. The van der Waals surface area contributed by atoms with E-state index in [2.05, 4.69) is 31.6 Å². The molecule has 11 nitrogen and oxygen atoms in total. The molecule has 3 aromatic rings. The molecule has 0 radical (unpaired) electrons. The van der Waals surface area contributed by atoms with Crippen molar-refractivity contribution in [3.05, 3.63) is 35.4 Å². The van der Waals surface area contributed by atoms with Crippen LogP contribution in [0, 0.1) is 0 Å². The number of carbonyl (C=O) groups is 2. The van der Waals surface area contributed by atoms with Crippen LogP contribution in [-0.4, -0.2) is 70.9 Å². The molecule has 1 aliphatic heterocycles. The van der Waals surface area contributed by atoms with E-state index in [1.165, 1.54) is 10.9 Å². The highest BCUT2D eigenvalue weighted by atomic mass is 16.6. The Hall–Kier alpha value is -3.50. The van der Waals surface area contributed by atoms with Gasteiger partial charge in [0.25, 0.3) is 0 Å². The Morgan fingerprint density at radius 2 is 1.97 bits per heavy atom. The number of amides is 1. The summed E-state index contributed by atoms with van der Waals surface area (Å²) < 4.78 is 6.94. The maximum absolute atomic E-state index is 12.1. The molecule has 2 N–H and O–H groups in total. The largest absolute Gasteiger partial charge is 0.476 e. The molecule has 0 aromatic carbocycles. The van der Waals surface area contributed by atoms with Gasteiger partial charge in [0.2, 0.25) is 0 Å². The quantitative estimate of drug-likeness (QED) is 0.533. The van der Waals surface area contributed by atoms with Gasteiger partial charge in [-0.15, -0.1) is 10.2 Å². The number of hydrogen-bond donors (Lipinski definition) is 2. The lowest BCUT2D eigenvalue weighted by molar-refractivity contribution is 0.00792. The van der Waals surface area contributed by atoms with Crippen LogP contribution < -0.4 is 0 Å². The van der Waals surface area contributed by atoms with Crippen LogP contribution in [0.15, 0.2) is 18.3 Å². The van der Waals surface area contributed by atoms with E-state index in [-0.39, 0.29) is 17.7 Å². The van der Waals surface area contributed by atoms with Gasteiger partial charge in [0.1, 0.15) is 5.60 Å². The molecular formula is C21H27N7O4. The van der Waals surface area contributed by atoms with Crippen molar-refractivity contribution in [3.63, 3.8) is 0 Å². The summed E-state index contributed by atoms with van der Waals surface area (Å²) in [5.41, 5.74) is 2.14. The molecule has 32 heavy (non-hydrogen) atoms. The highest BCUT2D eigenvalue weighted by Crippen LogP contribution is 2.29. The topological polar surface area (TPSA) is 139 Å². The third-order valence-electron chi connectivity index (χ3n) is 5.25. The Bertz CT molecular complexity index is 1120. The number of aryl methyl sites for hydroxylation is 2. The van der Waals surface area contributed by atoms with E-state index in [0.29, 0.717) is 19.6 Å². The maximum Gasteiger partial charge on any atom is 0.410 e. The summed E-state index contributed by atoms with van der Waals surface area (Å²) in [6.07, 6.45) is 3.60. The van der Waals surface area contributed by atoms with E-state index in [1.807, 2.05) is 26.8 Å². The van der Waals surface area contributed by atoms with Crippen molar-refractivity contribution in [1.29, 1.82) is 0 Å². The van der Waals surface area contributed by atoms with Crippen LogP contribution in [0.2, 0.25) is 0 Å². The first-order valence-corrected chi connectivity index (χ1v) is 10.6. The van der Waals surface area contributed by atoms with Gasteiger partial charge in [-0.05, 0) is 52.2 Å². The smallest absolute Gasteiger partial charge is 0.410 e. The molecule has 1 aliphatic rings. The molecule has 0 aliphatic carbocycles. The van der Waals surface area contributed by atoms with Gasteiger partial charge in [0.05, 0.1) is 11.9 Å². The first-order valence-electron chi connectivity index (χ1n) is 10.6. The summed E-state index contributed by atoms with van der Waals surface area (Å²) in [5, 5.41) is 25.9. The molecule has 0 spiro atoms. The SMILES string of the molecule is CC(C)(C)OC(=O)N1CC(c2cc3cc(CCCCn4cc(C(=O)O)nn4)nnc3[nH]2)C1. The zero-order valence-corrected chi connectivity index (χ0v) is 18.4. The normalized spacial score (nSPS) is 14.5. The van der Waals surface area contributed by atoms with E-state index in [4.69, 9.17) is 9.84 Å². The minimum Gasteiger partial charge on any atom is -0.476 e. The van der Waals surface area contributed by atoms with E-state index in [9.17, 15) is 9.59 Å². The molecule has 4 rings (SSSR count). The number of likely N-dealkylation sites (tertiary alicyclic amines) is 1. The number of carbonyl (C=O) groups excluding carboxylic acids is 1. The highest BCUT2D eigenvalue weighted by Gasteiger charge is 2.35. The van der Waals surface area contributed by atoms with E-state index < -0.39 is 11.6 Å². The lowest BCUT2D eigenvalue weighted by Crippen LogP contribution is -2.50. The number of fused-ring (bicyclic) bond motifs is 1. The van der Waals surface area contributed by atoms with Crippen LogP contribution in [-0.2, 0) is 17.7 Å². The van der Waals surface area contributed by atoms with Crippen LogP contribution in [0.4, 0.5) is 4.79 Å². The van der Waals surface area contributed by atoms with E-state index >= 15 is 0 Å². The van der Waals surface area contributed by atoms with Gasteiger partial charge in [0.15, 0.2) is 11.3 Å². The van der Waals surface area contributed by atoms with Gasteiger partial charge < -0.3 is 19.7 Å². The number of nitrogens with zero attached hydrogens (tertiary/aromatic N) is 6. The number of carboxylic acid groups (broad SMARTS) is 1. The van der Waals surface area contributed by atoms with Crippen molar-refractivity contribution in [1.82, 2.24) is 35.1 Å². The number of hydrogen-bond acceptors (Lipinski definition) is 7. The first kappa shape index (κ1) is 21.7. The maximum atomic E-state index is 12.1. The molecule has 11 heteroatoms. The van der Waals surface area contributed by atoms with Gasteiger partial charge >= 0.3 is 12.1 Å². The van der Waals surface area contributed by atoms with Crippen molar-refractivity contribution in [2.75, 3.05) is 13.1 Å². The number of nitrogens with one attached hydrogen (secondary N) is 1. The fraction of sp³-hybridized carbons (Fsp3) is 0.524. The zero-order chi connectivity index (χ0) is 22.9. The number of H-pyrrole nitrogens is 1. The summed E-state index contributed by atoms with van der Waals surface area (Å²) >= 11 is 0. The fourth-order valence-electron chi connectivity index (χ4n) is 3.57. The number of unbranched alkanes of at least 4 members (excludes halogenated alkanes) is 1. The Morgan fingerprint density at radius 3 is 2.66 bits per heavy atom. The summed E-state index contributed by atoms with van der Waals surface area (Å²) in [7, 11) is 0. The Kier molecular flexibility index (Phi) is 5.81. The number of ether oxygens (including phenoxy) is 1. The molecular weight excluding hydrogens is 414 g/mol. The second-order valence-electron chi connectivity index (χ2n) is 9.08. The Balaban J connectivity index is 1.28. The van der Waals surface area contributed by atoms with Crippen molar-refractivity contribution >= 4 is 23.1 Å². The average Bonchev–Trinajstić information content (AvgIpc) is 3.29. The van der Waals surface area contributed by atoms with Crippen LogP contribution >= 0.6 is 0 Å². The molecule has 0 unspecified atom stereocenters. The summed E-state index contributed by atoms with van der Waals surface area (Å²) in [6, 6.07) is 4.11. The third kappa shape index (κ3) is 5.04. The molecule has 170 valence electrons. The van der Waals surface area contributed by atoms with Gasteiger partial charge in [0, 0.05) is 36.6 Å². The molecule has 1 amide bonds. The van der Waals surface area contributed by atoms with Gasteiger partial charge in [-0.1, -0.05) is 5.21 Å². The second-order valence-corrected chi connectivity index (χ2v) is 9.08. The Labute approximate surface area is 184 Å². The lowest BCUT2D eigenvalue weighted by Gasteiger charge is -2.39. The average molecular weight is 441 g/mol. The number of rotatable bonds is 7. The van der Waals surface area contributed by atoms with Crippen LogP contribution in [0.3, 0.4) is 0 Å². The Morgan fingerprint density at radius 1 is 1.19 bits per heavy atom. The van der Waals surface area contributed by atoms with Gasteiger partial charge in [-0.2, -0.15) is 5.10 Å². The minimum absolute atomic E-state index is 0.0507. The van der Waals surface area contributed by atoms with Crippen LogP contribution in [0.1, 0.15) is 61.4 Å². The number of aromatic nitrogens is 6. The first-order chi connectivity index (χ1) is 15.2. The molecule has 3 aromatic heterocycles. The second kappa shape index (κ2) is 8.56. The zero-order valence-electron chi connectivity index (χ0n) is 18.4. The summed E-state index contributed by atoms with van der Waals surface area (Å²) in [4.78, 5) is 28.0. The number of aromatic carboxylic acids is 1. The highest BCUT2D eigenvalue weighted by molar-refractivity contribution is 5.84. The molecule has 4 heterocycles. The third-order valence-corrected chi connectivity index (χ3v) is 5.25. The van der Waals surface area contributed by atoms with Crippen molar-refractivity contribution in [3.8, 4) is 0 Å². The predicted octanol–water partition coefficient (Wildman–Crippen LogP) is 2.60. The van der Waals surface area contributed by atoms with Crippen LogP contribution in [0.25, 0.3) is 11.0 Å².